The SMILES string of the molecule is CN=C(NCCC(=O)Nc1ccc(Br)cc1)NCc1ccccc1. The first kappa shape index (κ1) is 18.0. The molecule has 0 saturated carbocycles. The molecule has 0 atom stereocenters. The molecule has 0 saturated heterocycles. The van der Waals surface area contributed by atoms with E-state index in [4.69, 9.17) is 0 Å². The van der Waals surface area contributed by atoms with E-state index in [1.807, 2.05) is 54.6 Å². The van der Waals surface area contributed by atoms with E-state index in [0.29, 0.717) is 25.5 Å². The van der Waals surface area contributed by atoms with Crippen molar-refractivity contribution in [3.63, 3.8) is 0 Å². The lowest BCUT2D eigenvalue weighted by molar-refractivity contribution is -0.116. The Morgan fingerprint density at radius 1 is 1.04 bits per heavy atom. The molecule has 2 aromatic rings. The summed E-state index contributed by atoms with van der Waals surface area (Å²) in [4.78, 5) is 16.1. The summed E-state index contributed by atoms with van der Waals surface area (Å²) < 4.78 is 0.982. The van der Waals surface area contributed by atoms with E-state index in [1.165, 1.54) is 5.56 Å². The molecule has 0 fully saturated rings. The van der Waals surface area contributed by atoms with Crippen molar-refractivity contribution in [2.45, 2.75) is 13.0 Å². The minimum atomic E-state index is -0.0386. The molecule has 2 aromatic carbocycles. The summed E-state index contributed by atoms with van der Waals surface area (Å²) in [5.74, 6) is 0.638. The van der Waals surface area contributed by atoms with E-state index in [1.54, 1.807) is 7.05 Å². The van der Waals surface area contributed by atoms with Crippen molar-refractivity contribution in [2.75, 3.05) is 18.9 Å². The predicted molar refractivity (Wildman–Crippen MR) is 102 cm³/mol. The van der Waals surface area contributed by atoms with Gasteiger partial charge in [-0.25, -0.2) is 0 Å². The number of halogens is 1. The zero-order valence-corrected chi connectivity index (χ0v) is 15.1. The number of amides is 1. The lowest BCUT2D eigenvalue weighted by Gasteiger charge is -2.12. The summed E-state index contributed by atoms with van der Waals surface area (Å²) in [7, 11) is 1.71. The topological polar surface area (TPSA) is 65.5 Å². The molecule has 5 nitrogen and oxygen atoms in total. The quantitative estimate of drug-likeness (QED) is 0.525. The number of carbonyl (C=O) groups is 1. The van der Waals surface area contributed by atoms with Gasteiger partial charge in [0, 0.05) is 36.7 Å². The number of rotatable bonds is 6. The molecular formula is C18H21BrN4O. The van der Waals surface area contributed by atoms with Gasteiger partial charge in [0.15, 0.2) is 5.96 Å². The van der Waals surface area contributed by atoms with Crippen LogP contribution in [0.5, 0.6) is 0 Å². The highest BCUT2D eigenvalue weighted by molar-refractivity contribution is 9.10. The van der Waals surface area contributed by atoms with Crippen LogP contribution in [0.15, 0.2) is 64.1 Å². The Hall–Kier alpha value is -2.34. The van der Waals surface area contributed by atoms with Crippen molar-refractivity contribution in [3.8, 4) is 0 Å². The highest BCUT2D eigenvalue weighted by Crippen LogP contribution is 2.14. The Bertz CT molecular complexity index is 671. The van der Waals surface area contributed by atoms with Gasteiger partial charge in [-0.1, -0.05) is 46.3 Å². The average molecular weight is 389 g/mol. The molecule has 0 aromatic heterocycles. The third kappa shape index (κ3) is 6.42. The fraction of sp³-hybridized carbons (Fsp3) is 0.222. The molecule has 0 heterocycles. The number of nitrogens with one attached hydrogen (secondary N) is 3. The maximum Gasteiger partial charge on any atom is 0.226 e. The number of hydrogen-bond acceptors (Lipinski definition) is 2. The van der Waals surface area contributed by atoms with E-state index in [2.05, 4.69) is 36.9 Å². The first-order valence-electron chi connectivity index (χ1n) is 7.71. The molecule has 6 heteroatoms. The van der Waals surface area contributed by atoms with Crippen LogP contribution in [0.1, 0.15) is 12.0 Å². The Kier molecular flexibility index (Phi) is 7.29. The fourth-order valence-corrected chi connectivity index (χ4v) is 2.32. The Balaban J connectivity index is 1.69. The number of guanidine groups is 1. The molecule has 24 heavy (non-hydrogen) atoms. The highest BCUT2D eigenvalue weighted by Gasteiger charge is 2.03. The normalized spacial score (nSPS) is 11.0. The fourth-order valence-electron chi connectivity index (χ4n) is 2.05. The van der Waals surface area contributed by atoms with Crippen LogP contribution in [0, 0.1) is 0 Å². The van der Waals surface area contributed by atoms with Gasteiger partial charge in [0.1, 0.15) is 0 Å². The molecule has 0 radical (unpaired) electrons. The number of carbonyl (C=O) groups excluding carboxylic acids is 1. The van der Waals surface area contributed by atoms with Gasteiger partial charge in [0.05, 0.1) is 0 Å². The zero-order chi connectivity index (χ0) is 17.2. The minimum Gasteiger partial charge on any atom is -0.356 e. The second-order valence-electron chi connectivity index (χ2n) is 5.14. The lowest BCUT2D eigenvalue weighted by atomic mass is 10.2. The first-order chi connectivity index (χ1) is 11.7. The van der Waals surface area contributed by atoms with E-state index in [9.17, 15) is 4.79 Å². The smallest absolute Gasteiger partial charge is 0.226 e. The molecule has 2 rings (SSSR count). The molecule has 0 aliphatic carbocycles. The summed E-state index contributed by atoms with van der Waals surface area (Å²) in [5, 5.41) is 9.21. The summed E-state index contributed by atoms with van der Waals surface area (Å²) in [6.07, 6.45) is 0.363. The summed E-state index contributed by atoms with van der Waals surface area (Å²) >= 11 is 3.37. The maximum atomic E-state index is 11.9. The predicted octanol–water partition coefficient (Wildman–Crippen LogP) is 3.14. The molecule has 0 spiro atoms. The number of aliphatic imine (C=N–C) groups is 1. The van der Waals surface area contributed by atoms with Gasteiger partial charge in [-0.3, -0.25) is 9.79 Å². The van der Waals surface area contributed by atoms with Crippen LogP contribution in [0.4, 0.5) is 5.69 Å². The van der Waals surface area contributed by atoms with Gasteiger partial charge in [0.25, 0.3) is 0 Å². The molecule has 0 bridgehead atoms. The second-order valence-corrected chi connectivity index (χ2v) is 6.06. The molecule has 3 N–H and O–H groups in total. The van der Waals surface area contributed by atoms with E-state index >= 15 is 0 Å². The van der Waals surface area contributed by atoms with Crippen LogP contribution in [0.3, 0.4) is 0 Å². The third-order valence-electron chi connectivity index (χ3n) is 3.30. The molecular weight excluding hydrogens is 368 g/mol. The van der Waals surface area contributed by atoms with Crippen LogP contribution >= 0.6 is 15.9 Å². The van der Waals surface area contributed by atoms with Crippen LogP contribution in [-0.2, 0) is 11.3 Å². The Morgan fingerprint density at radius 2 is 1.75 bits per heavy atom. The largest absolute Gasteiger partial charge is 0.356 e. The van der Waals surface area contributed by atoms with Crippen LogP contribution in [0.2, 0.25) is 0 Å². The third-order valence-corrected chi connectivity index (χ3v) is 3.83. The van der Waals surface area contributed by atoms with E-state index < -0.39 is 0 Å². The van der Waals surface area contributed by atoms with Gasteiger partial charge >= 0.3 is 0 Å². The molecule has 126 valence electrons. The number of nitrogens with zero attached hydrogens (tertiary/aromatic N) is 1. The minimum absolute atomic E-state index is 0.0386. The number of hydrogen-bond donors (Lipinski definition) is 3. The summed E-state index contributed by atoms with van der Waals surface area (Å²) in [6, 6.07) is 17.6. The maximum absolute atomic E-state index is 11.9. The van der Waals surface area contributed by atoms with Gasteiger partial charge in [0.2, 0.25) is 5.91 Å². The van der Waals surface area contributed by atoms with Gasteiger partial charge < -0.3 is 16.0 Å². The lowest BCUT2D eigenvalue weighted by Crippen LogP contribution is -2.38. The highest BCUT2D eigenvalue weighted by atomic mass is 79.9. The van der Waals surface area contributed by atoms with Crippen molar-refractivity contribution in [2.24, 2.45) is 4.99 Å². The van der Waals surface area contributed by atoms with Gasteiger partial charge in [-0.15, -0.1) is 0 Å². The average Bonchev–Trinajstić information content (AvgIpc) is 2.61. The Morgan fingerprint density at radius 3 is 2.42 bits per heavy atom. The Labute approximate surface area is 150 Å². The van der Waals surface area contributed by atoms with Crippen LogP contribution < -0.4 is 16.0 Å². The van der Waals surface area contributed by atoms with Crippen LogP contribution in [0.25, 0.3) is 0 Å². The zero-order valence-electron chi connectivity index (χ0n) is 13.6. The molecule has 0 unspecified atom stereocenters. The first-order valence-corrected chi connectivity index (χ1v) is 8.50. The van der Waals surface area contributed by atoms with Crippen molar-refractivity contribution < 1.29 is 4.79 Å². The number of benzene rings is 2. The van der Waals surface area contributed by atoms with Crippen LogP contribution in [-0.4, -0.2) is 25.5 Å². The van der Waals surface area contributed by atoms with E-state index in [0.717, 1.165) is 10.2 Å². The van der Waals surface area contributed by atoms with Crippen molar-refractivity contribution in [3.05, 3.63) is 64.6 Å². The molecule has 0 aliphatic heterocycles. The summed E-state index contributed by atoms with van der Waals surface area (Å²) in [5.41, 5.74) is 1.96. The number of anilines is 1. The summed E-state index contributed by atoms with van der Waals surface area (Å²) in [6.45, 7) is 1.20. The van der Waals surface area contributed by atoms with Crippen molar-refractivity contribution >= 4 is 33.5 Å². The standard InChI is InChI=1S/C18H21BrN4O/c1-20-18(22-13-14-5-3-2-4-6-14)21-12-11-17(24)23-16-9-7-15(19)8-10-16/h2-10H,11-13H2,1H3,(H,23,24)(H2,20,21,22). The van der Waals surface area contributed by atoms with Crippen molar-refractivity contribution in [1.82, 2.24) is 10.6 Å². The van der Waals surface area contributed by atoms with Gasteiger partial charge in [-0.05, 0) is 29.8 Å². The molecule has 0 aliphatic rings. The van der Waals surface area contributed by atoms with Gasteiger partial charge in [-0.2, -0.15) is 0 Å². The molecule has 1 amide bonds. The van der Waals surface area contributed by atoms with E-state index in [-0.39, 0.29) is 5.91 Å². The van der Waals surface area contributed by atoms with Crippen molar-refractivity contribution in [1.29, 1.82) is 0 Å². The monoisotopic (exact) mass is 388 g/mol. The second kappa shape index (κ2) is 9.72.